The van der Waals surface area contributed by atoms with Crippen molar-refractivity contribution in [1.29, 1.82) is 0 Å². The molecule has 2 aromatic rings. The summed E-state index contributed by atoms with van der Waals surface area (Å²) in [6.45, 7) is 10.3. The van der Waals surface area contributed by atoms with E-state index >= 15 is 0 Å². The molecule has 0 fully saturated rings. The fourth-order valence-electron chi connectivity index (χ4n) is 2.62. The Hall–Kier alpha value is -1.66. The van der Waals surface area contributed by atoms with Gasteiger partial charge in [-0.15, -0.1) is 24.0 Å². The Morgan fingerprint density at radius 2 is 1.80 bits per heavy atom. The number of sulfonamides is 1. The van der Waals surface area contributed by atoms with Crippen molar-refractivity contribution in [2.45, 2.75) is 64.1 Å². The number of halogens is 1. The summed E-state index contributed by atoms with van der Waals surface area (Å²) in [6, 6.07) is 8.81. The number of nitrogens with one attached hydrogen (secondary N) is 3. The summed E-state index contributed by atoms with van der Waals surface area (Å²) in [6.07, 6.45) is 0. The molecule has 0 amide bonds. The Balaban J connectivity index is 0.00000450. The number of aromatic nitrogens is 1. The number of nitrogens with zero attached hydrogens (tertiary/aromatic N) is 2. The van der Waals surface area contributed by atoms with Crippen molar-refractivity contribution in [3.8, 4) is 0 Å². The fourth-order valence-corrected chi connectivity index (χ4v) is 4.28. The van der Waals surface area contributed by atoms with Gasteiger partial charge in [0.15, 0.2) is 11.7 Å². The molecule has 0 saturated heterocycles. The zero-order valence-electron chi connectivity index (χ0n) is 18.3. The van der Waals surface area contributed by atoms with Crippen LogP contribution in [0.25, 0.3) is 0 Å². The van der Waals surface area contributed by atoms with E-state index in [2.05, 4.69) is 39.4 Å². The van der Waals surface area contributed by atoms with Crippen LogP contribution in [0.2, 0.25) is 0 Å². The molecule has 1 aromatic carbocycles. The third-order valence-corrected chi connectivity index (χ3v) is 5.83. The molecule has 30 heavy (non-hydrogen) atoms. The highest BCUT2D eigenvalue weighted by molar-refractivity contribution is 14.0. The van der Waals surface area contributed by atoms with Gasteiger partial charge in [-0.1, -0.05) is 37.2 Å². The lowest BCUT2D eigenvalue weighted by Gasteiger charge is -2.22. The number of hydrogen-bond acceptors (Lipinski definition) is 5. The molecule has 1 heterocycles. The van der Waals surface area contributed by atoms with Gasteiger partial charge in [-0.2, -0.15) is 0 Å². The molecule has 8 nitrogen and oxygen atoms in total. The minimum Gasteiger partial charge on any atom is -0.359 e. The SMILES string of the molecule is CN=C(NCc1cc(C(C)C)no1)NCc1ccccc1S(=O)(=O)NC(C)(C)C.I. The van der Waals surface area contributed by atoms with Gasteiger partial charge in [0.1, 0.15) is 0 Å². The first-order chi connectivity index (χ1) is 13.5. The molecular formula is C20H32IN5O3S. The summed E-state index contributed by atoms with van der Waals surface area (Å²) in [5.41, 5.74) is 0.979. The van der Waals surface area contributed by atoms with Gasteiger partial charge in [0.2, 0.25) is 10.0 Å². The summed E-state index contributed by atoms with van der Waals surface area (Å²) in [4.78, 5) is 4.42. The first-order valence-corrected chi connectivity index (χ1v) is 11.0. The molecular weight excluding hydrogens is 517 g/mol. The van der Waals surface area contributed by atoms with Crippen LogP contribution >= 0.6 is 24.0 Å². The van der Waals surface area contributed by atoms with E-state index in [-0.39, 0.29) is 28.9 Å². The number of aliphatic imine (C=N–C) groups is 1. The average molecular weight is 549 g/mol. The van der Waals surface area contributed by atoms with Gasteiger partial charge in [-0.25, -0.2) is 13.1 Å². The van der Waals surface area contributed by atoms with E-state index < -0.39 is 15.6 Å². The minimum atomic E-state index is -3.64. The van der Waals surface area contributed by atoms with Gasteiger partial charge in [0, 0.05) is 25.2 Å². The van der Waals surface area contributed by atoms with E-state index in [0.29, 0.717) is 36.3 Å². The second-order valence-electron chi connectivity index (χ2n) is 8.12. The summed E-state index contributed by atoms with van der Waals surface area (Å²) in [5.74, 6) is 1.53. The molecule has 0 unspecified atom stereocenters. The topological polar surface area (TPSA) is 109 Å². The molecule has 1 aromatic heterocycles. The molecule has 10 heteroatoms. The molecule has 168 valence electrons. The van der Waals surface area contributed by atoms with Crippen molar-refractivity contribution in [3.63, 3.8) is 0 Å². The molecule has 0 aliphatic carbocycles. The van der Waals surface area contributed by atoms with Crippen LogP contribution in [0.5, 0.6) is 0 Å². The normalized spacial score (nSPS) is 12.6. The van der Waals surface area contributed by atoms with Crippen molar-refractivity contribution in [1.82, 2.24) is 20.5 Å². The number of benzene rings is 1. The molecule has 0 spiro atoms. The van der Waals surface area contributed by atoms with Crippen LogP contribution in [0.1, 0.15) is 57.6 Å². The van der Waals surface area contributed by atoms with Gasteiger partial charge in [-0.05, 0) is 38.3 Å². The maximum absolute atomic E-state index is 12.7. The van der Waals surface area contributed by atoms with Gasteiger partial charge >= 0.3 is 0 Å². The van der Waals surface area contributed by atoms with Crippen LogP contribution in [0.15, 0.2) is 44.7 Å². The molecule has 2 rings (SSSR count). The maximum atomic E-state index is 12.7. The van der Waals surface area contributed by atoms with E-state index in [4.69, 9.17) is 4.52 Å². The Bertz CT molecular complexity index is 949. The standard InChI is InChI=1S/C20H31N5O3S.HI/c1-14(2)17-11-16(28-24-17)13-23-19(21-6)22-12-15-9-7-8-10-18(15)29(26,27)25-20(3,4)5;/h7-11,14,25H,12-13H2,1-6H3,(H2,21,22,23);1H. The molecule has 3 N–H and O–H groups in total. The highest BCUT2D eigenvalue weighted by atomic mass is 127. The summed E-state index contributed by atoms with van der Waals surface area (Å²) >= 11 is 0. The minimum absolute atomic E-state index is 0. The third kappa shape index (κ3) is 7.88. The second kappa shape index (κ2) is 11.1. The fraction of sp³-hybridized carbons (Fsp3) is 0.500. The maximum Gasteiger partial charge on any atom is 0.241 e. The molecule has 0 aliphatic rings. The van der Waals surface area contributed by atoms with Gasteiger partial charge in [0.25, 0.3) is 0 Å². The zero-order chi connectivity index (χ0) is 21.7. The van der Waals surface area contributed by atoms with E-state index in [0.717, 1.165) is 5.69 Å². The zero-order valence-corrected chi connectivity index (χ0v) is 21.5. The Kier molecular flexibility index (Phi) is 9.76. The first-order valence-electron chi connectivity index (χ1n) is 9.53. The van der Waals surface area contributed by atoms with E-state index in [1.807, 2.05) is 32.9 Å². The Morgan fingerprint density at radius 3 is 2.37 bits per heavy atom. The lowest BCUT2D eigenvalue weighted by molar-refractivity contribution is 0.372. The number of hydrogen-bond donors (Lipinski definition) is 3. The average Bonchev–Trinajstić information content (AvgIpc) is 3.09. The van der Waals surface area contributed by atoms with E-state index in [1.165, 1.54) is 0 Å². The van der Waals surface area contributed by atoms with Crippen LogP contribution in [0.4, 0.5) is 0 Å². The van der Waals surface area contributed by atoms with Crippen LogP contribution in [0, 0.1) is 0 Å². The Morgan fingerprint density at radius 1 is 1.17 bits per heavy atom. The second-order valence-corrected chi connectivity index (χ2v) is 9.77. The number of rotatable bonds is 7. The quantitative estimate of drug-likeness (QED) is 0.278. The van der Waals surface area contributed by atoms with Crippen molar-refractivity contribution >= 4 is 40.0 Å². The predicted octanol–water partition coefficient (Wildman–Crippen LogP) is 3.36. The predicted molar refractivity (Wildman–Crippen MR) is 130 cm³/mol. The van der Waals surface area contributed by atoms with Gasteiger partial charge in [-0.3, -0.25) is 4.99 Å². The molecule has 0 bridgehead atoms. The molecule has 0 radical (unpaired) electrons. The lowest BCUT2D eigenvalue weighted by atomic mass is 10.1. The Labute approximate surface area is 196 Å². The van der Waals surface area contributed by atoms with E-state index in [1.54, 1.807) is 25.2 Å². The van der Waals surface area contributed by atoms with Crippen LogP contribution in [0.3, 0.4) is 0 Å². The van der Waals surface area contributed by atoms with Crippen molar-refractivity contribution in [2.75, 3.05) is 7.05 Å². The van der Waals surface area contributed by atoms with Gasteiger partial charge in [0.05, 0.1) is 17.1 Å². The smallest absolute Gasteiger partial charge is 0.241 e. The highest BCUT2D eigenvalue weighted by Gasteiger charge is 2.24. The third-order valence-electron chi connectivity index (χ3n) is 3.97. The van der Waals surface area contributed by atoms with Crippen LogP contribution in [-0.2, 0) is 23.1 Å². The van der Waals surface area contributed by atoms with Crippen molar-refractivity contribution in [2.24, 2.45) is 4.99 Å². The molecule has 0 saturated carbocycles. The van der Waals surface area contributed by atoms with Crippen molar-refractivity contribution in [3.05, 3.63) is 47.3 Å². The monoisotopic (exact) mass is 549 g/mol. The first kappa shape index (κ1) is 26.4. The van der Waals surface area contributed by atoms with Crippen molar-refractivity contribution < 1.29 is 12.9 Å². The summed E-state index contributed by atoms with van der Waals surface area (Å²) in [7, 11) is -1.99. The van der Waals surface area contributed by atoms with Crippen LogP contribution < -0.4 is 15.4 Å². The highest BCUT2D eigenvalue weighted by Crippen LogP contribution is 2.18. The largest absolute Gasteiger partial charge is 0.359 e. The summed E-state index contributed by atoms with van der Waals surface area (Å²) in [5, 5.41) is 10.3. The molecule has 0 atom stereocenters. The van der Waals surface area contributed by atoms with E-state index in [9.17, 15) is 8.42 Å². The lowest BCUT2D eigenvalue weighted by Crippen LogP contribution is -2.41. The summed E-state index contributed by atoms with van der Waals surface area (Å²) < 4.78 is 33.5. The van der Waals surface area contributed by atoms with Crippen LogP contribution in [-0.4, -0.2) is 32.1 Å². The molecule has 0 aliphatic heterocycles. The number of guanidine groups is 1. The van der Waals surface area contributed by atoms with Gasteiger partial charge < -0.3 is 15.2 Å².